The van der Waals surface area contributed by atoms with E-state index in [1.54, 1.807) is 0 Å². The van der Waals surface area contributed by atoms with Gasteiger partial charge in [0.2, 0.25) is 5.78 Å². The average molecular weight is 274 g/mol. The highest BCUT2D eigenvalue weighted by molar-refractivity contribution is 6.13. The topological polar surface area (TPSA) is 37.3 Å². The number of aliphatic hydroxyl groups is 1. The summed E-state index contributed by atoms with van der Waals surface area (Å²) in [6.07, 6.45) is -5.67. The molecule has 0 saturated heterocycles. The zero-order chi connectivity index (χ0) is 14.0. The van der Waals surface area contributed by atoms with Crippen LogP contribution in [0.3, 0.4) is 0 Å². The van der Waals surface area contributed by atoms with E-state index in [1.165, 1.54) is 0 Å². The molecule has 2 rings (SSSR count). The van der Waals surface area contributed by atoms with Gasteiger partial charge < -0.3 is 5.11 Å². The first-order chi connectivity index (χ1) is 8.05. The Morgan fingerprint density at radius 1 is 0.889 bits per heavy atom. The van der Waals surface area contributed by atoms with Crippen LogP contribution >= 0.6 is 0 Å². The molecule has 1 aliphatic carbocycles. The average Bonchev–Trinajstić information content (AvgIpc) is 2.27. The van der Waals surface area contributed by atoms with E-state index in [9.17, 15) is 35.5 Å². The molecule has 0 bridgehead atoms. The highest BCUT2D eigenvalue weighted by atomic mass is 19.4. The normalized spacial score (nSPS) is 22.8. The molecular weight excluding hydrogens is 273 g/mol. The number of ketones is 1. The summed E-state index contributed by atoms with van der Waals surface area (Å²) >= 11 is 0. The molecule has 9 heteroatoms. The van der Waals surface area contributed by atoms with Gasteiger partial charge in [-0.2, -0.15) is 13.2 Å². The van der Waals surface area contributed by atoms with Crippen LogP contribution in [0.15, 0.2) is 0 Å². The van der Waals surface area contributed by atoms with Crippen molar-refractivity contribution in [1.29, 1.82) is 0 Å². The summed E-state index contributed by atoms with van der Waals surface area (Å²) in [4.78, 5) is 11.0. The fraction of sp³-hybridized carbons (Fsp3) is 0.222. The number of rotatable bonds is 0. The van der Waals surface area contributed by atoms with Crippen LogP contribution < -0.4 is 0 Å². The first-order valence-electron chi connectivity index (χ1n) is 4.25. The first kappa shape index (κ1) is 12.8. The van der Waals surface area contributed by atoms with Crippen molar-refractivity contribution < 1.29 is 40.6 Å². The number of alkyl halides is 3. The number of halogens is 7. The van der Waals surface area contributed by atoms with E-state index in [0.717, 1.165) is 0 Å². The molecule has 1 atom stereocenters. The van der Waals surface area contributed by atoms with Crippen molar-refractivity contribution in [2.24, 2.45) is 0 Å². The van der Waals surface area contributed by atoms with Gasteiger partial charge in [-0.3, -0.25) is 4.79 Å². The first-order valence-corrected chi connectivity index (χ1v) is 4.25. The van der Waals surface area contributed by atoms with Gasteiger partial charge in [-0.15, -0.1) is 0 Å². The smallest absolute Gasteiger partial charge is 0.370 e. The number of benzene rings is 1. The third kappa shape index (κ3) is 1.14. The second kappa shape index (κ2) is 3.22. The molecule has 0 aliphatic heterocycles. The highest BCUT2D eigenvalue weighted by Gasteiger charge is 2.70. The lowest BCUT2D eigenvalue weighted by Gasteiger charge is -2.38. The van der Waals surface area contributed by atoms with Gasteiger partial charge in [-0.25, -0.2) is 17.6 Å². The van der Waals surface area contributed by atoms with E-state index < -0.39 is 52.0 Å². The third-order valence-corrected chi connectivity index (χ3v) is 2.59. The fourth-order valence-corrected chi connectivity index (χ4v) is 1.69. The largest absolute Gasteiger partial charge is 0.429 e. The molecule has 1 aromatic rings. The van der Waals surface area contributed by atoms with Crippen LogP contribution in [0, 0.1) is 23.3 Å². The van der Waals surface area contributed by atoms with Crippen LogP contribution in [0.1, 0.15) is 15.9 Å². The predicted octanol–water partition coefficient (Wildman–Crippen LogP) is 2.19. The van der Waals surface area contributed by atoms with Crippen molar-refractivity contribution in [3.05, 3.63) is 34.4 Å². The van der Waals surface area contributed by atoms with Crippen molar-refractivity contribution in [3.8, 4) is 0 Å². The fourth-order valence-electron chi connectivity index (χ4n) is 1.69. The van der Waals surface area contributed by atoms with Gasteiger partial charge in [0, 0.05) is 0 Å². The van der Waals surface area contributed by atoms with Crippen LogP contribution in [-0.2, 0) is 5.60 Å². The van der Waals surface area contributed by atoms with Crippen molar-refractivity contribution in [2.75, 3.05) is 0 Å². The minimum atomic E-state index is -5.67. The summed E-state index contributed by atoms with van der Waals surface area (Å²) in [7, 11) is 0. The molecule has 1 aromatic carbocycles. The van der Waals surface area contributed by atoms with Gasteiger partial charge in [0.15, 0.2) is 23.3 Å². The number of hydrogen-bond acceptors (Lipinski definition) is 2. The molecule has 0 spiro atoms. The maximum atomic E-state index is 13.1. The standard InChI is InChI=1S/C9HF7O2/c10-3-1-2(4(11)6(13)5(3)12)8(18,7(1)17)9(14,15)16/h18H. The number of Topliss-reactive ketones (excluding diaryl/α,β-unsaturated/α-hetero) is 1. The third-order valence-electron chi connectivity index (χ3n) is 2.59. The van der Waals surface area contributed by atoms with E-state index in [1.807, 2.05) is 0 Å². The van der Waals surface area contributed by atoms with Crippen LogP contribution in [0.2, 0.25) is 0 Å². The second-order valence-electron chi connectivity index (χ2n) is 3.54. The van der Waals surface area contributed by atoms with Crippen LogP contribution in [-0.4, -0.2) is 17.1 Å². The Hall–Kier alpha value is -1.64. The van der Waals surface area contributed by atoms with Gasteiger partial charge in [0.1, 0.15) is 0 Å². The predicted molar refractivity (Wildman–Crippen MR) is 40.6 cm³/mol. The number of carbonyl (C=O) groups is 1. The minimum Gasteiger partial charge on any atom is -0.370 e. The Bertz CT molecular complexity index is 578. The second-order valence-corrected chi connectivity index (χ2v) is 3.54. The molecule has 1 unspecified atom stereocenters. The Kier molecular flexibility index (Phi) is 2.29. The SMILES string of the molecule is O=C1c2c(F)c(F)c(F)c(F)c2C1(O)C(F)(F)F. The van der Waals surface area contributed by atoms with Gasteiger partial charge in [0.05, 0.1) is 11.1 Å². The Morgan fingerprint density at radius 3 is 1.78 bits per heavy atom. The van der Waals surface area contributed by atoms with Gasteiger partial charge >= 0.3 is 6.18 Å². The monoisotopic (exact) mass is 274 g/mol. The zero-order valence-electron chi connectivity index (χ0n) is 8.00. The molecule has 1 N–H and O–H groups in total. The molecule has 0 aromatic heterocycles. The van der Waals surface area contributed by atoms with Gasteiger partial charge in [0.25, 0.3) is 5.60 Å². The van der Waals surface area contributed by atoms with E-state index in [4.69, 9.17) is 5.11 Å². The van der Waals surface area contributed by atoms with Crippen LogP contribution in [0.5, 0.6) is 0 Å². The molecule has 2 nitrogen and oxygen atoms in total. The van der Waals surface area contributed by atoms with Crippen LogP contribution in [0.4, 0.5) is 30.7 Å². The summed E-state index contributed by atoms with van der Waals surface area (Å²) in [5.41, 5.74) is -7.91. The Balaban J connectivity index is 2.85. The molecular formula is C9HF7O2. The van der Waals surface area contributed by atoms with E-state index in [0.29, 0.717) is 0 Å². The molecule has 0 fully saturated rings. The maximum absolute atomic E-state index is 13.1. The lowest BCUT2D eigenvalue weighted by Crippen LogP contribution is -2.58. The highest BCUT2D eigenvalue weighted by Crippen LogP contribution is 2.52. The van der Waals surface area contributed by atoms with E-state index >= 15 is 0 Å². The summed E-state index contributed by atoms with van der Waals surface area (Å²) in [6, 6.07) is 0. The number of fused-ring (bicyclic) bond motifs is 1. The molecule has 1 aliphatic rings. The molecule has 18 heavy (non-hydrogen) atoms. The molecule has 0 heterocycles. The van der Waals surface area contributed by atoms with Gasteiger partial charge in [-0.1, -0.05) is 0 Å². The molecule has 0 radical (unpaired) electrons. The maximum Gasteiger partial charge on any atom is 0.429 e. The Labute approximate surface area is 93.6 Å². The van der Waals surface area contributed by atoms with E-state index in [2.05, 4.69) is 0 Å². The minimum absolute atomic E-state index is 1.63. The zero-order valence-corrected chi connectivity index (χ0v) is 8.00. The lowest BCUT2D eigenvalue weighted by atomic mass is 9.70. The molecule has 0 amide bonds. The molecule has 98 valence electrons. The van der Waals surface area contributed by atoms with Crippen molar-refractivity contribution in [1.82, 2.24) is 0 Å². The van der Waals surface area contributed by atoms with Crippen LogP contribution in [0.25, 0.3) is 0 Å². The number of carbonyl (C=O) groups excluding carboxylic acids is 1. The van der Waals surface area contributed by atoms with E-state index in [-0.39, 0.29) is 0 Å². The van der Waals surface area contributed by atoms with Crippen molar-refractivity contribution in [2.45, 2.75) is 11.8 Å². The summed E-state index contributed by atoms with van der Waals surface area (Å²) in [6.45, 7) is 0. The summed E-state index contributed by atoms with van der Waals surface area (Å²) in [5.74, 6) is -11.9. The lowest BCUT2D eigenvalue weighted by molar-refractivity contribution is -0.248. The number of hydrogen-bond donors (Lipinski definition) is 1. The van der Waals surface area contributed by atoms with Crippen molar-refractivity contribution >= 4 is 5.78 Å². The molecule has 0 saturated carbocycles. The quantitative estimate of drug-likeness (QED) is 0.447. The summed E-state index contributed by atoms with van der Waals surface area (Å²) in [5, 5.41) is 9.02. The summed E-state index contributed by atoms with van der Waals surface area (Å²) < 4.78 is 88.6. The Morgan fingerprint density at radius 2 is 1.33 bits per heavy atom. The van der Waals surface area contributed by atoms with Gasteiger partial charge in [-0.05, 0) is 0 Å². The van der Waals surface area contributed by atoms with Crippen molar-refractivity contribution in [3.63, 3.8) is 0 Å².